The van der Waals surface area contributed by atoms with Crippen LogP contribution in [0.4, 0.5) is 0 Å². The van der Waals surface area contributed by atoms with Gasteiger partial charge in [0, 0.05) is 7.26 Å². The van der Waals surface area contributed by atoms with E-state index >= 15 is 0 Å². The fourth-order valence-electron chi connectivity index (χ4n) is 9.64. The zero-order valence-electron chi connectivity index (χ0n) is 40.6. The molecule has 0 aliphatic heterocycles. The Hall–Kier alpha value is -0.610. The normalized spacial score (nSPS) is 11.8. The average molecular weight is 824 g/mol. The molecule has 0 saturated carbocycles. The molecule has 58 heavy (non-hydrogen) atoms. The van der Waals surface area contributed by atoms with Crippen molar-refractivity contribution in [3.05, 3.63) is 42.0 Å². The summed E-state index contributed by atoms with van der Waals surface area (Å²) in [4.78, 5) is 0. The van der Waals surface area contributed by atoms with Gasteiger partial charge < -0.3 is 0 Å². The van der Waals surface area contributed by atoms with Gasteiger partial charge in [0.1, 0.15) is 0 Å². The molecule has 0 aromatic heterocycles. The first-order valence-corrected chi connectivity index (χ1v) is 29.8. The fraction of sp³-hybridized carbons (Fsp3) is 0.860. The Kier molecular flexibility index (Phi) is 42.5. The molecule has 0 N–H and O–H groups in total. The Bertz CT molecular complexity index is 852. The van der Waals surface area contributed by atoms with Crippen molar-refractivity contribution in [1.29, 1.82) is 0 Å². The summed E-state index contributed by atoms with van der Waals surface area (Å²) in [6, 6.07) is 9.60. The molecule has 0 nitrogen and oxygen atoms in total. The Morgan fingerprint density at radius 2 is 0.517 bits per heavy atom. The summed E-state index contributed by atoms with van der Waals surface area (Å²) in [7, 11) is -1.02. The predicted molar refractivity (Wildman–Crippen MR) is 273 cm³/mol. The van der Waals surface area contributed by atoms with Gasteiger partial charge in [0.2, 0.25) is 0 Å². The van der Waals surface area contributed by atoms with E-state index in [1.54, 1.807) is 24.0 Å². The quantitative estimate of drug-likeness (QED) is 0.0454. The maximum atomic E-state index is 4.05. The molecule has 0 fully saturated rings. The van der Waals surface area contributed by atoms with Crippen LogP contribution in [0, 0.1) is 0 Å². The largest absolute Gasteiger partial charge is 0.0985 e. The summed E-state index contributed by atoms with van der Waals surface area (Å²) in [6.07, 6.45) is 69.6. The molecule has 0 aliphatic rings. The molecule has 0 radical (unpaired) electrons. The lowest BCUT2D eigenvalue weighted by molar-refractivity contribution is 0.537. The Labute approximate surface area is 368 Å². The van der Waals surface area contributed by atoms with Crippen LogP contribution in [0.5, 0.6) is 0 Å². The van der Waals surface area contributed by atoms with Gasteiger partial charge in [-0.05, 0) is 49.7 Å². The molecule has 1 heteroatoms. The van der Waals surface area contributed by atoms with Crippen LogP contribution in [0.25, 0.3) is 6.08 Å². The van der Waals surface area contributed by atoms with Crippen molar-refractivity contribution in [3.8, 4) is 0 Å². The van der Waals surface area contributed by atoms with E-state index in [2.05, 4.69) is 51.6 Å². The Morgan fingerprint density at radius 1 is 0.310 bits per heavy atom. The highest BCUT2D eigenvalue weighted by molar-refractivity contribution is 7.75. The number of unbranched alkanes of at least 4 members (excludes halogenated alkanes) is 39. The molecule has 0 saturated heterocycles. The molecule has 1 aromatic carbocycles. The molecule has 1 rings (SSSR count). The van der Waals surface area contributed by atoms with Crippen LogP contribution < -0.4 is 0 Å². The van der Waals surface area contributed by atoms with Crippen LogP contribution in [0.3, 0.4) is 0 Å². The summed E-state index contributed by atoms with van der Waals surface area (Å²) in [5.41, 5.74) is 2.90. The van der Waals surface area contributed by atoms with Crippen molar-refractivity contribution < 1.29 is 0 Å². The van der Waals surface area contributed by atoms with Crippen LogP contribution >= 0.6 is 7.26 Å². The van der Waals surface area contributed by atoms with E-state index < -0.39 is 7.26 Å². The van der Waals surface area contributed by atoms with E-state index in [4.69, 9.17) is 0 Å². The molecule has 0 aliphatic carbocycles. The number of rotatable bonds is 48. The van der Waals surface area contributed by atoms with E-state index in [1.165, 1.54) is 281 Å². The van der Waals surface area contributed by atoms with Gasteiger partial charge in [-0.3, -0.25) is 0 Å². The third-order valence-corrected chi connectivity index (χ3v) is 18.5. The van der Waals surface area contributed by atoms with Crippen molar-refractivity contribution >= 4 is 13.3 Å². The third kappa shape index (κ3) is 36.1. The zero-order valence-corrected chi connectivity index (χ0v) is 41.5. The maximum Gasteiger partial charge on any atom is 0.0842 e. The maximum absolute atomic E-state index is 4.05. The molecule has 0 bridgehead atoms. The Morgan fingerprint density at radius 3 is 0.724 bits per heavy atom. The smallest absolute Gasteiger partial charge is 0.0842 e. The lowest BCUT2D eigenvalue weighted by Gasteiger charge is -2.29. The van der Waals surface area contributed by atoms with E-state index in [0.717, 1.165) is 0 Å². The molecule has 340 valence electrons. The van der Waals surface area contributed by atoms with Crippen LogP contribution in [0.15, 0.2) is 30.8 Å². The molecular formula is C57H108P+. The van der Waals surface area contributed by atoms with Gasteiger partial charge in [-0.25, -0.2) is 0 Å². The monoisotopic (exact) mass is 824 g/mol. The van der Waals surface area contributed by atoms with Crippen molar-refractivity contribution in [2.24, 2.45) is 0 Å². The van der Waals surface area contributed by atoms with Gasteiger partial charge in [-0.1, -0.05) is 289 Å². The van der Waals surface area contributed by atoms with E-state index in [-0.39, 0.29) is 0 Å². The van der Waals surface area contributed by atoms with Crippen LogP contribution in [0.1, 0.15) is 302 Å². The molecule has 0 amide bonds. The topological polar surface area (TPSA) is 0 Å². The van der Waals surface area contributed by atoms with Gasteiger partial charge in [-0.2, -0.15) is 0 Å². The summed E-state index contributed by atoms with van der Waals surface area (Å²) < 4.78 is 0. The van der Waals surface area contributed by atoms with Crippen LogP contribution in [-0.4, -0.2) is 18.5 Å². The van der Waals surface area contributed by atoms with Crippen molar-refractivity contribution in [2.75, 3.05) is 18.5 Å². The lowest BCUT2D eigenvalue weighted by Crippen LogP contribution is -2.12. The zero-order chi connectivity index (χ0) is 41.7. The SMILES string of the molecule is C=Cc1ccc(C[P+](CCCCCCCCCCCCCCCC)(CCCCCCCCCCCCCCCC)CCCCCCCCCCCCCCCC)cc1. The molecule has 0 spiro atoms. The first kappa shape index (κ1) is 55.4. The highest BCUT2D eigenvalue weighted by Crippen LogP contribution is 2.63. The third-order valence-electron chi connectivity index (χ3n) is 13.7. The van der Waals surface area contributed by atoms with Crippen LogP contribution in [0.2, 0.25) is 0 Å². The van der Waals surface area contributed by atoms with Gasteiger partial charge in [0.15, 0.2) is 0 Å². The predicted octanol–water partition coefficient (Wildman–Crippen LogP) is 21.3. The van der Waals surface area contributed by atoms with E-state index in [9.17, 15) is 0 Å². The molecular weight excluding hydrogens is 716 g/mol. The lowest BCUT2D eigenvalue weighted by atomic mass is 10.0. The number of hydrogen-bond acceptors (Lipinski definition) is 0. The second-order valence-electron chi connectivity index (χ2n) is 19.4. The minimum absolute atomic E-state index is 1.02. The van der Waals surface area contributed by atoms with E-state index in [1.807, 2.05) is 6.08 Å². The molecule has 0 heterocycles. The molecule has 0 atom stereocenters. The molecule has 0 unspecified atom stereocenters. The van der Waals surface area contributed by atoms with Gasteiger partial charge in [0.25, 0.3) is 0 Å². The standard InChI is InChI=1S/C57H108P/c1-5-9-12-15-18-21-24-27-30-33-36-39-42-45-52-58(55-57-50-48-56(8-4)49-51-57,53-46-43-40-37-34-31-28-25-22-19-16-13-10-6-2)54-47-44-41-38-35-32-29-26-23-20-17-14-11-7-3/h8,48-51H,4-7,9-47,52-55H2,1-3H3/q+1. The molecule has 1 aromatic rings. The first-order chi connectivity index (χ1) is 28.7. The second kappa shape index (κ2) is 44.4. The average Bonchev–Trinajstić information content (AvgIpc) is 3.24. The Balaban J connectivity index is 2.58. The van der Waals surface area contributed by atoms with Gasteiger partial charge in [0.05, 0.1) is 24.6 Å². The summed E-state index contributed by atoms with van der Waals surface area (Å²) >= 11 is 0. The van der Waals surface area contributed by atoms with Gasteiger partial charge in [-0.15, -0.1) is 0 Å². The highest BCUT2D eigenvalue weighted by Gasteiger charge is 2.36. The van der Waals surface area contributed by atoms with Crippen molar-refractivity contribution in [3.63, 3.8) is 0 Å². The first-order valence-electron chi connectivity index (χ1n) is 27.3. The minimum atomic E-state index is -1.02. The second-order valence-corrected chi connectivity index (χ2v) is 23.7. The van der Waals surface area contributed by atoms with Crippen molar-refractivity contribution in [1.82, 2.24) is 0 Å². The summed E-state index contributed by atoms with van der Waals surface area (Å²) in [5.74, 6) is 0. The van der Waals surface area contributed by atoms with Crippen LogP contribution in [-0.2, 0) is 6.16 Å². The van der Waals surface area contributed by atoms with E-state index in [0.29, 0.717) is 0 Å². The summed E-state index contributed by atoms with van der Waals surface area (Å²) in [5, 5.41) is 0. The van der Waals surface area contributed by atoms with Gasteiger partial charge >= 0.3 is 0 Å². The number of benzene rings is 1. The minimum Gasteiger partial charge on any atom is -0.0985 e. The van der Waals surface area contributed by atoms with Crippen molar-refractivity contribution in [2.45, 2.75) is 297 Å². The fourth-order valence-corrected chi connectivity index (χ4v) is 14.5. The highest BCUT2D eigenvalue weighted by atomic mass is 31.2. The number of hydrogen-bond donors (Lipinski definition) is 0. The summed E-state index contributed by atoms with van der Waals surface area (Å²) in [6.45, 7) is 11.0.